The number of fused-ring (bicyclic) bond motifs is 1. The predicted molar refractivity (Wildman–Crippen MR) is 77.5 cm³/mol. The first-order chi connectivity index (χ1) is 9.31. The Bertz CT molecular complexity index is 524. The number of para-hydroxylation sites is 1. The standard InChI is InChI=1S/C15H21N3O/c1-3-6-13(19-2)15(18-16)12-9-4-7-11-8-5-10-17-14(11)12/h4-5,7-10,13,15,18H,3,6,16H2,1-2H3. The number of nitrogens with two attached hydrogens (primary N) is 1. The number of nitrogens with zero attached hydrogens (tertiary/aromatic N) is 1. The third kappa shape index (κ3) is 2.92. The minimum atomic E-state index is -0.0523. The Kier molecular flexibility index (Phi) is 4.85. The van der Waals surface area contributed by atoms with Crippen molar-refractivity contribution in [3.8, 4) is 0 Å². The fraction of sp³-hybridized carbons (Fsp3) is 0.400. The predicted octanol–water partition coefficient (Wildman–Crippen LogP) is 2.55. The van der Waals surface area contributed by atoms with E-state index in [4.69, 9.17) is 10.6 Å². The molecule has 0 fully saturated rings. The lowest BCUT2D eigenvalue weighted by atomic mass is 9.96. The third-order valence-corrected chi connectivity index (χ3v) is 3.43. The molecule has 102 valence electrons. The first-order valence-corrected chi connectivity index (χ1v) is 6.64. The fourth-order valence-electron chi connectivity index (χ4n) is 2.48. The topological polar surface area (TPSA) is 60.2 Å². The van der Waals surface area contributed by atoms with Gasteiger partial charge >= 0.3 is 0 Å². The molecule has 2 atom stereocenters. The Morgan fingerprint density at radius 1 is 1.32 bits per heavy atom. The van der Waals surface area contributed by atoms with E-state index in [9.17, 15) is 0 Å². The molecule has 0 aliphatic carbocycles. The van der Waals surface area contributed by atoms with Gasteiger partial charge in [0.1, 0.15) is 0 Å². The molecule has 0 amide bonds. The zero-order valence-electron chi connectivity index (χ0n) is 11.5. The number of pyridine rings is 1. The average Bonchev–Trinajstić information content (AvgIpc) is 2.47. The van der Waals surface area contributed by atoms with Crippen molar-refractivity contribution in [3.63, 3.8) is 0 Å². The second-order valence-electron chi connectivity index (χ2n) is 4.63. The maximum Gasteiger partial charge on any atom is 0.0779 e. The summed E-state index contributed by atoms with van der Waals surface area (Å²) < 4.78 is 5.58. The number of methoxy groups -OCH3 is 1. The van der Waals surface area contributed by atoms with Crippen molar-refractivity contribution in [3.05, 3.63) is 42.1 Å². The molecule has 1 aromatic carbocycles. The van der Waals surface area contributed by atoms with Crippen LogP contribution >= 0.6 is 0 Å². The number of aromatic nitrogens is 1. The average molecular weight is 259 g/mol. The SMILES string of the molecule is CCCC(OC)C(NN)c1cccc2cccnc12. The van der Waals surface area contributed by atoms with E-state index in [1.165, 1.54) is 0 Å². The number of benzene rings is 1. The van der Waals surface area contributed by atoms with Gasteiger partial charge < -0.3 is 4.74 Å². The van der Waals surface area contributed by atoms with Crippen LogP contribution in [-0.2, 0) is 4.74 Å². The molecule has 4 heteroatoms. The van der Waals surface area contributed by atoms with Crippen molar-refractivity contribution in [1.82, 2.24) is 10.4 Å². The van der Waals surface area contributed by atoms with Crippen LogP contribution in [0.15, 0.2) is 36.5 Å². The second kappa shape index (κ2) is 6.61. The zero-order valence-corrected chi connectivity index (χ0v) is 11.5. The lowest BCUT2D eigenvalue weighted by molar-refractivity contribution is 0.0610. The highest BCUT2D eigenvalue weighted by Crippen LogP contribution is 2.27. The van der Waals surface area contributed by atoms with Gasteiger partial charge in [0, 0.05) is 18.7 Å². The largest absolute Gasteiger partial charge is 0.379 e. The highest BCUT2D eigenvalue weighted by Gasteiger charge is 2.23. The maximum atomic E-state index is 5.74. The molecule has 19 heavy (non-hydrogen) atoms. The Labute approximate surface area is 113 Å². The van der Waals surface area contributed by atoms with Crippen LogP contribution in [0.2, 0.25) is 0 Å². The van der Waals surface area contributed by atoms with E-state index in [-0.39, 0.29) is 12.1 Å². The van der Waals surface area contributed by atoms with E-state index in [0.717, 1.165) is 29.3 Å². The summed E-state index contributed by atoms with van der Waals surface area (Å²) in [6.07, 6.45) is 3.85. The van der Waals surface area contributed by atoms with Crippen LogP contribution in [0.5, 0.6) is 0 Å². The van der Waals surface area contributed by atoms with Crippen LogP contribution in [0.1, 0.15) is 31.4 Å². The lowest BCUT2D eigenvalue weighted by Crippen LogP contribution is -2.37. The summed E-state index contributed by atoms with van der Waals surface area (Å²) in [5, 5.41) is 1.12. The van der Waals surface area contributed by atoms with Gasteiger partial charge in [0.15, 0.2) is 0 Å². The molecule has 2 rings (SSSR count). The number of hydrazine groups is 1. The summed E-state index contributed by atoms with van der Waals surface area (Å²) in [7, 11) is 1.73. The molecule has 3 N–H and O–H groups in total. The fourth-order valence-corrected chi connectivity index (χ4v) is 2.48. The summed E-state index contributed by atoms with van der Waals surface area (Å²) in [5.74, 6) is 5.74. The van der Waals surface area contributed by atoms with E-state index in [1.54, 1.807) is 13.3 Å². The van der Waals surface area contributed by atoms with Crippen LogP contribution in [0.3, 0.4) is 0 Å². The monoisotopic (exact) mass is 259 g/mol. The first kappa shape index (κ1) is 13.9. The summed E-state index contributed by atoms with van der Waals surface area (Å²) in [5.41, 5.74) is 4.94. The zero-order chi connectivity index (χ0) is 13.7. The third-order valence-electron chi connectivity index (χ3n) is 3.43. The van der Waals surface area contributed by atoms with Crippen molar-refractivity contribution in [2.24, 2.45) is 5.84 Å². The summed E-state index contributed by atoms with van der Waals surface area (Å²) >= 11 is 0. The van der Waals surface area contributed by atoms with Gasteiger partial charge in [0.05, 0.1) is 17.7 Å². The van der Waals surface area contributed by atoms with E-state index < -0.39 is 0 Å². The van der Waals surface area contributed by atoms with E-state index in [1.807, 2.05) is 12.1 Å². The van der Waals surface area contributed by atoms with Gasteiger partial charge in [0.25, 0.3) is 0 Å². The molecular weight excluding hydrogens is 238 g/mol. The Balaban J connectivity index is 2.45. The highest BCUT2D eigenvalue weighted by atomic mass is 16.5. The van der Waals surface area contributed by atoms with E-state index in [2.05, 4.69) is 35.5 Å². The van der Waals surface area contributed by atoms with Gasteiger partial charge in [-0.25, -0.2) is 0 Å². The normalized spacial score (nSPS) is 14.5. The van der Waals surface area contributed by atoms with Gasteiger partial charge in [-0.3, -0.25) is 16.3 Å². The number of ether oxygens (including phenoxy) is 1. The van der Waals surface area contributed by atoms with Crippen molar-refractivity contribution in [2.75, 3.05) is 7.11 Å². The minimum Gasteiger partial charge on any atom is -0.379 e. The van der Waals surface area contributed by atoms with Gasteiger partial charge in [-0.05, 0) is 18.1 Å². The van der Waals surface area contributed by atoms with Gasteiger partial charge in [0.2, 0.25) is 0 Å². The minimum absolute atomic E-state index is 0.0441. The molecule has 1 heterocycles. The Morgan fingerprint density at radius 2 is 2.11 bits per heavy atom. The molecule has 0 radical (unpaired) electrons. The molecule has 0 aliphatic heterocycles. The van der Waals surface area contributed by atoms with E-state index >= 15 is 0 Å². The molecule has 2 unspecified atom stereocenters. The van der Waals surface area contributed by atoms with Crippen molar-refractivity contribution in [1.29, 1.82) is 0 Å². The van der Waals surface area contributed by atoms with E-state index in [0.29, 0.717) is 0 Å². The molecule has 0 saturated heterocycles. The first-order valence-electron chi connectivity index (χ1n) is 6.64. The van der Waals surface area contributed by atoms with Crippen LogP contribution in [-0.4, -0.2) is 18.2 Å². The van der Waals surface area contributed by atoms with Crippen LogP contribution in [0, 0.1) is 0 Å². The second-order valence-corrected chi connectivity index (χ2v) is 4.63. The van der Waals surface area contributed by atoms with Gasteiger partial charge in [-0.2, -0.15) is 0 Å². The Hall–Kier alpha value is -1.49. The molecule has 4 nitrogen and oxygen atoms in total. The maximum absolute atomic E-state index is 5.74. The molecule has 2 aromatic rings. The van der Waals surface area contributed by atoms with Crippen LogP contribution in [0.25, 0.3) is 10.9 Å². The van der Waals surface area contributed by atoms with Crippen molar-refractivity contribution >= 4 is 10.9 Å². The molecule has 0 bridgehead atoms. The number of hydrogen-bond acceptors (Lipinski definition) is 4. The van der Waals surface area contributed by atoms with Crippen molar-refractivity contribution < 1.29 is 4.74 Å². The van der Waals surface area contributed by atoms with Crippen molar-refractivity contribution in [2.45, 2.75) is 31.9 Å². The summed E-state index contributed by atoms with van der Waals surface area (Å²) in [6, 6.07) is 10.1. The van der Waals surface area contributed by atoms with Crippen LogP contribution < -0.4 is 11.3 Å². The molecule has 0 spiro atoms. The van der Waals surface area contributed by atoms with Gasteiger partial charge in [-0.1, -0.05) is 37.6 Å². The smallest absolute Gasteiger partial charge is 0.0779 e. The van der Waals surface area contributed by atoms with Gasteiger partial charge in [-0.15, -0.1) is 0 Å². The Morgan fingerprint density at radius 3 is 2.79 bits per heavy atom. The molecule has 0 saturated carbocycles. The molecule has 0 aliphatic rings. The summed E-state index contributed by atoms with van der Waals surface area (Å²) in [4.78, 5) is 4.48. The highest BCUT2D eigenvalue weighted by molar-refractivity contribution is 5.82. The number of rotatable bonds is 6. The molecular formula is C15H21N3O. The quantitative estimate of drug-likeness (QED) is 0.618. The molecule has 1 aromatic heterocycles. The summed E-state index contributed by atoms with van der Waals surface area (Å²) in [6.45, 7) is 2.14. The lowest BCUT2D eigenvalue weighted by Gasteiger charge is -2.26. The number of hydrogen-bond donors (Lipinski definition) is 2. The number of nitrogens with one attached hydrogen (secondary N) is 1. The van der Waals surface area contributed by atoms with Crippen LogP contribution in [0.4, 0.5) is 0 Å².